The molecule has 0 amide bonds. The highest BCUT2D eigenvalue weighted by Gasteiger charge is 2.47. The SMILES string of the molecule is CC1(C)c2cc(-c3cccc(-c4nc(-c5ccccc5)nc(-c5ccccc5)n4)c3)ccc2-c2ccc3sc4ccccc4c3c2C1(C)C. The maximum absolute atomic E-state index is 4.99. The van der Waals surface area contributed by atoms with Crippen LogP contribution >= 0.6 is 11.3 Å². The molecule has 0 atom stereocenters. The second kappa shape index (κ2) is 11.0. The van der Waals surface area contributed by atoms with E-state index >= 15 is 0 Å². The van der Waals surface area contributed by atoms with Gasteiger partial charge in [-0.3, -0.25) is 0 Å². The van der Waals surface area contributed by atoms with Crippen molar-refractivity contribution < 1.29 is 0 Å². The number of nitrogens with zero attached hydrogens (tertiary/aromatic N) is 3. The molecule has 3 nitrogen and oxygen atoms in total. The van der Waals surface area contributed by atoms with E-state index in [-0.39, 0.29) is 10.8 Å². The quantitative estimate of drug-likeness (QED) is 0.190. The molecule has 9 rings (SSSR count). The molecule has 0 aliphatic heterocycles. The van der Waals surface area contributed by atoms with Gasteiger partial charge in [-0.1, -0.05) is 143 Å². The second-order valence-corrected chi connectivity index (χ2v) is 15.2. The second-order valence-electron chi connectivity index (χ2n) is 14.1. The Labute approximate surface area is 291 Å². The van der Waals surface area contributed by atoms with Crippen molar-refractivity contribution in [3.05, 3.63) is 151 Å². The number of thiophene rings is 1. The summed E-state index contributed by atoms with van der Waals surface area (Å²) in [7, 11) is 0. The zero-order chi connectivity index (χ0) is 33.3. The number of fused-ring (bicyclic) bond motifs is 7. The van der Waals surface area contributed by atoms with Gasteiger partial charge in [-0.05, 0) is 63.1 Å². The van der Waals surface area contributed by atoms with Crippen LogP contribution in [-0.4, -0.2) is 15.0 Å². The summed E-state index contributed by atoms with van der Waals surface area (Å²) in [6.45, 7) is 9.71. The molecule has 1 aliphatic rings. The molecular weight excluding hydrogens is 615 g/mol. The van der Waals surface area contributed by atoms with Crippen molar-refractivity contribution in [2.45, 2.75) is 38.5 Å². The molecule has 0 unspecified atom stereocenters. The molecular formula is C45H35N3S. The minimum absolute atomic E-state index is 0.105. The van der Waals surface area contributed by atoms with Crippen molar-refractivity contribution in [1.82, 2.24) is 15.0 Å². The lowest BCUT2D eigenvalue weighted by Crippen LogP contribution is -2.43. The van der Waals surface area contributed by atoms with Crippen LogP contribution in [0.4, 0.5) is 0 Å². The van der Waals surface area contributed by atoms with Gasteiger partial charge >= 0.3 is 0 Å². The first-order chi connectivity index (χ1) is 23.8. The fourth-order valence-electron chi connectivity index (χ4n) is 7.59. The Morgan fingerprint density at radius 1 is 0.429 bits per heavy atom. The molecule has 0 saturated heterocycles. The van der Waals surface area contributed by atoms with Crippen molar-refractivity contribution in [3.8, 4) is 56.4 Å². The summed E-state index contributed by atoms with van der Waals surface area (Å²) in [6, 6.07) is 49.5. The zero-order valence-corrected chi connectivity index (χ0v) is 28.8. The highest BCUT2D eigenvalue weighted by Crippen LogP contribution is 2.57. The molecule has 2 heterocycles. The van der Waals surface area contributed by atoms with Crippen LogP contribution in [0.2, 0.25) is 0 Å². The summed E-state index contributed by atoms with van der Waals surface area (Å²) in [5.74, 6) is 1.99. The monoisotopic (exact) mass is 649 g/mol. The van der Waals surface area contributed by atoms with Crippen LogP contribution < -0.4 is 0 Å². The average molecular weight is 650 g/mol. The normalized spacial score (nSPS) is 14.4. The van der Waals surface area contributed by atoms with Crippen LogP contribution in [0.25, 0.3) is 76.6 Å². The van der Waals surface area contributed by atoms with Gasteiger partial charge in [0.15, 0.2) is 17.5 Å². The molecule has 0 radical (unpaired) electrons. The molecule has 0 N–H and O–H groups in total. The first-order valence-electron chi connectivity index (χ1n) is 16.9. The Bertz CT molecular complexity index is 2490. The average Bonchev–Trinajstić information content (AvgIpc) is 3.53. The van der Waals surface area contributed by atoms with E-state index in [1.807, 2.05) is 72.0 Å². The van der Waals surface area contributed by atoms with Crippen molar-refractivity contribution >= 4 is 31.5 Å². The van der Waals surface area contributed by atoms with Crippen LogP contribution in [0.15, 0.2) is 140 Å². The lowest BCUT2D eigenvalue weighted by molar-refractivity contribution is 0.301. The van der Waals surface area contributed by atoms with Crippen molar-refractivity contribution in [3.63, 3.8) is 0 Å². The van der Waals surface area contributed by atoms with Crippen LogP contribution in [-0.2, 0) is 10.8 Å². The van der Waals surface area contributed by atoms with E-state index in [0.717, 1.165) is 22.3 Å². The number of hydrogen-bond donors (Lipinski definition) is 0. The van der Waals surface area contributed by atoms with Gasteiger partial charge in [0, 0.05) is 42.3 Å². The van der Waals surface area contributed by atoms with E-state index in [0.29, 0.717) is 17.5 Å². The Morgan fingerprint density at radius 2 is 0.980 bits per heavy atom. The van der Waals surface area contributed by atoms with Crippen LogP contribution in [0.1, 0.15) is 38.8 Å². The predicted molar refractivity (Wildman–Crippen MR) is 206 cm³/mol. The minimum Gasteiger partial charge on any atom is -0.208 e. The Morgan fingerprint density at radius 3 is 1.67 bits per heavy atom. The molecule has 0 bridgehead atoms. The third kappa shape index (κ3) is 4.66. The highest BCUT2D eigenvalue weighted by atomic mass is 32.1. The molecule has 49 heavy (non-hydrogen) atoms. The molecule has 2 aromatic heterocycles. The van der Waals surface area contributed by atoms with Gasteiger partial charge in [-0.2, -0.15) is 0 Å². The van der Waals surface area contributed by atoms with Gasteiger partial charge in [0.2, 0.25) is 0 Å². The van der Waals surface area contributed by atoms with Crippen molar-refractivity contribution in [2.75, 3.05) is 0 Å². The van der Waals surface area contributed by atoms with E-state index in [4.69, 9.17) is 15.0 Å². The van der Waals surface area contributed by atoms with Crippen molar-refractivity contribution in [1.29, 1.82) is 0 Å². The fourth-order valence-corrected chi connectivity index (χ4v) is 8.70. The maximum atomic E-state index is 4.99. The summed E-state index contributed by atoms with van der Waals surface area (Å²) in [6.07, 6.45) is 0. The number of rotatable bonds is 4. The van der Waals surface area contributed by atoms with Crippen LogP contribution in [0.3, 0.4) is 0 Å². The van der Waals surface area contributed by atoms with Gasteiger partial charge in [0.05, 0.1) is 0 Å². The van der Waals surface area contributed by atoms with Crippen LogP contribution in [0, 0.1) is 0 Å². The third-order valence-electron chi connectivity index (χ3n) is 10.9. The van der Waals surface area contributed by atoms with Gasteiger partial charge in [0.25, 0.3) is 0 Å². The summed E-state index contributed by atoms with van der Waals surface area (Å²) in [5, 5.41) is 2.78. The minimum atomic E-state index is -0.121. The fraction of sp³-hybridized carbons (Fsp3) is 0.133. The predicted octanol–water partition coefficient (Wildman–Crippen LogP) is 12.1. The standard InChI is InChI=1S/C45H35N3S/c1-44(2)36-27-31(22-23-33(36)34-24-25-38-39(40(34)45(44,3)4)35-20-11-12-21-37(35)49-38)30-18-13-19-32(26-30)43-47-41(28-14-7-5-8-15-28)46-42(48-43)29-16-9-6-10-17-29/h5-27H,1-4H3. The Kier molecular flexibility index (Phi) is 6.69. The van der Waals surface area contributed by atoms with E-state index in [1.165, 1.54) is 48.0 Å². The first kappa shape index (κ1) is 29.7. The molecule has 1 aliphatic carbocycles. The van der Waals surface area contributed by atoms with Gasteiger partial charge in [0.1, 0.15) is 0 Å². The molecule has 236 valence electrons. The summed E-state index contributed by atoms with van der Waals surface area (Å²) < 4.78 is 2.72. The smallest absolute Gasteiger partial charge is 0.164 e. The molecule has 4 heteroatoms. The van der Waals surface area contributed by atoms with Crippen molar-refractivity contribution in [2.24, 2.45) is 0 Å². The number of benzene rings is 6. The topological polar surface area (TPSA) is 38.7 Å². The lowest BCUT2D eigenvalue weighted by Gasteiger charge is -2.49. The van der Waals surface area contributed by atoms with Gasteiger partial charge in [-0.25, -0.2) is 15.0 Å². The van der Waals surface area contributed by atoms with E-state index < -0.39 is 0 Å². The third-order valence-corrected chi connectivity index (χ3v) is 12.0. The number of hydrogen-bond acceptors (Lipinski definition) is 4. The van der Waals surface area contributed by atoms with E-state index in [9.17, 15) is 0 Å². The summed E-state index contributed by atoms with van der Waals surface area (Å²) in [4.78, 5) is 14.9. The van der Waals surface area contributed by atoms with Gasteiger partial charge in [-0.15, -0.1) is 11.3 Å². The lowest BCUT2D eigenvalue weighted by atomic mass is 9.54. The Balaban J connectivity index is 1.19. The Hall–Kier alpha value is -5.45. The maximum Gasteiger partial charge on any atom is 0.164 e. The first-order valence-corrected chi connectivity index (χ1v) is 17.7. The molecule has 6 aromatic carbocycles. The largest absolute Gasteiger partial charge is 0.208 e. The number of aromatic nitrogens is 3. The molecule has 0 saturated carbocycles. The summed E-state index contributed by atoms with van der Waals surface area (Å²) >= 11 is 1.90. The summed E-state index contributed by atoms with van der Waals surface area (Å²) in [5.41, 5.74) is 10.5. The molecule has 8 aromatic rings. The highest BCUT2D eigenvalue weighted by molar-refractivity contribution is 7.25. The molecule has 0 fully saturated rings. The van der Waals surface area contributed by atoms with Gasteiger partial charge < -0.3 is 0 Å². The van der Waals surface area contributed by atoms with E-state index in [2.05, 4.69) is 107 Å². The molecule has 0 spiro atoms. The van der Waals surface area contributed by atoms with E-state index in [1.54, 1.807) is 0 Å². The zero-order valence-electron chi connectivity index (χ0n) is 28.0. The van der Waals surface area contributed by atoms with Crippen LogP contribution in [0.5, 0.6) is 0 Å².